The normalized spacial score (nSPS) is 13.3. The van der Waals surface area contributed by atoms with Crippen molar-refractivity contribution in [2.45, 2.75) is 38.5 Å². The van der Waals surface area contributed by atoms with E-state index in [-0.39, 0.29) is 10.8 Å². The highest BCUT2D eigenvalue weighted by molar-refractivity contribution is 6.13. The predicted octanol–water partition coefficient (Wildman–Crippen LogP) is 27.2. The van der Waals surface area contributed by atoms with E-state index in [9.17, 15) is 0 Å². The third-order valence-corrected chi connectivity index (χ3v) is 22.0. The molecule has 0 N–H and O–H groups in total. The lowest BCUT2D eigenvalue weighted by Crippen LogP contribution is -2.15. The molecule has 18 aromatic rings. The molecule has 0 fully saturated rings. The molecule has 98 heavy (non-hydrogen) atoms. The Morgan fingerprint density at radius 1 is 0.153 bits per heavy atom. The quantitative estimate of drug-likeness (QED) is 0.156. The molecule has 0 spiro atoms. The molecule has 0 amide bonds. The molecule has 0 radical (unpaired) electrons. The van der Waals surface area contributed by atoms with Crippen LogP contribution in [0, 0.1) is 0 Å². The number of hydrogen-bond acceptors (Lipinski definition) is 0. The summed E-state index contributed by atoms with van der Waals surface area (Å²) in [6.07, 6.45) is 0. The first kappa shape index (κ1) is 57.5. The van der Waals surface area contributed by atoms with Crippen molar-refractivity contribution in [3.8, 4) is 89.0 Å². The Balaban J connectivity index is 0.000000137. The number of fused-ring (bicyclic) bond motifs is 16. The summed E-state index contributed by atoms with van der Waals surface area (Å²) in [7, 11) is 0. The molecule has 0 heterocycles. The van der Waals surface area contributed by atoms with E-state index < -0.39 is 0 Å². The second kappa shape index (κ2) is 22.3. The van der Waals surface area contributed by atoms with Crippen molar-refractivity contribution in [1.82, 2.24) is 0 Å². The Labute approximate surface area is 572 Å². The van der Waals surface area contributed by atoms with Gasteiger partial charge in [-0.25, -0.2) is 0 Å². The van der Waals surface area contributed by atoms with Crippen LogP contribution in [0.5, 0.6) is 0 Å². The minimum Gasteiger partial charge on any atom is -0.0619 e. The summed E-state index contributed by atoms with van der Waals surface area (Å²) in [5, 5.41) is 20.4. The van der Waals surface area contributed by atoms with E-state index in [0.717, 1.165) is 0 Å². The van der Waals surface area contributed by atoms with Gasteiger partial charge in [-0.3, -0.25) is 0 Å². The first-order valence-electron chi connectivity index (χ1n) is 34.5. The van der Waals surface area contributed by atoms with E-state index in [0.29, 0.717) is 0 Å². The smallest absolute Gasteiger partial charge is 0.0159 e. The molecule has 0 atom stereocenters. The molecule has 0 saturated carbocycles. The third-order valence-electron chi connectivity index (χ3n) is 22.0. The number of benzene rings is 18. The molecule has 0 saturated heterocycles. The lowest BCUT2D eigenvalue weighted by Gasteiger charge is -2.23. The highest BCUT2D eigenvalue weighted by atomic mass is 14.4. The Morgan fingerprint density at radius 3 is 0.908 bits per heavy atom. The molecule has 0 nitrogen and oxygen atoms in total. The Morgan fingerprint density at radius 2 is 0.439 bits per heavy atom. The maximum Gasteiger partial charge on any atom is 0.0159 e. The van der Waals surface area contributed by atoms with Crippen molar-refractivity contribution in [1.29, 1.82) is 0 Å². The maximum absolute atomic E-state index is 2.49. The van der Waals surface area contributed by atoms with E-state index in [1.165, 1.54) is 197 Å². The highest BCUT2D eigenvalue weighted by Crippen LogP contribution is 2.56. The van der Waals surface area contributed by atoms with Gasteiger partial charge >= 0.3 is 0 Å². The van der Waals surface area contributed by atoms with Crippen LogP contribution in [-0.4, -0.2) is 0 Å². The van der Waals surface area contributed by atoms with Crippen molar-refractivity contribution in [2.75, 3.05) is 0 Å². The number of rotatable bonds is 6. The van der Waals surface area contributed by atoms with E-state index in [2.05, 4.69) is 367 Å². The summed E-state index contributed by atoms with van der Waals surface area (Å²) in [6, 6.07) is 126. The molecule has 0 aromatic heterocycles. The lowest BCUT2D eigenvalue weighted by molar-refractivity contribution is 0.661. The fourth-order valence-corrected chi connectivity index (χ4v) is 16.8. The van der Waals surface area contributed by atoms with Crippen molar-refractivity contribution >= 4 is 86.2 Å². The van der Waals surface area contributed by atoms with Crippen LogP contribution in [0.25, 0.3) is 175 Å². The van der Waals surface area contributed by atoms with Crippen LogP contribution in [0.4, 0.5) is 0 Å². The van der Waals surface area contributed by atoms with Gasteiger partial charge in [-0.15, -0.1) is 0 Å². The molecule has 2 aliphatic carbocycles. The van der Waals surface area contributed by atoms with Gasteiger partial charge in [-0.2, -0.15) is 0 Å². The Bertz CT molecular complexity index is 6370. The van der Waals surface area contributed by atoms with E-state index >= 15 is 0 Å². The summed E-state index contributed by atoms with van der Waals surface area (Å²) in [5.74, 6) is 0. The summed E-state index contributed by atoms with van der Waals surface area (Å²) >= 11 is 0. The van der Waals surface area contributed by atoms with Crippen LogP contribution in [0.15, 0.2) is 340 Å². The van der Waals surface area contributed by atoms with Crippen molar-refractivity contribution in [2.24, 2.45) is 0 Å². The molecule has 0 heteroatoms. The zero-order valence-corrected chi connectivity index (χ0v) is 55.3. The molecule has 0 aliphatic heterocycles. The molecule has 18 aromatic carbocycles. The van der Waals surface area contributed by atoms with Crippen molar-refractivity contribution in [3.05, 3.63) is 362 Å². The standard InChI is InChI=1S/2C49H34/c1-49(2)46-29-40(38-18-16-32-10-4-6-12-34(32)26-38)23-24-44(46)48-43-14-8-7-13-42(43)45(30-47(48)49)41-22-21-37-27-36(19-20-39(37)28-41)35-17-15-31-9-3-5-11-33(31)25-35;1-49(2)46-18-10-9-17-43(46)48-42-16-8-7-15-41(42)45(30-47(48)49)39-28-37-13-5-6-14-40(37)44(29-39)38-24-23-35-26-34(21-22-36(35)27-38)33-20-19-31-11-3-4-12-32(31)25-33/h2*3-30H,1-2H3. The zero-order chi connectivity index (χ0) is 65.4. The number of hydrogen-bond donors (Lipinski definition) is 0. The Kier molecular flexibility index (Phi) is 13.1. The van der Waals surface area contributed by atoms with Crippen LogP contribution in [-0.2, 0) is 10.8 Å². The van der Waals surface area contributed by atoms with E-state index in [4.69, 9.17) is 0 Å². The predicted molar refractivity (Wildman–Crippen MR) is 421 cm³/mol. The van der Waals surface area contributed by atoms with Gasteiger partial charge in [0.2, 0.25) is 0 Å². The fourth-order valence-electron chi connectivity index (χ4n) is 16.8. The van der Waals surface area contributed by atoms with Gasteiger partial charge in [0.15, 0.2) is 0 Å². The summed E-state index contributed by atoms with van der Waals surface area (Å²) in [6.45, 7) is 9.55. The molecule has 2 aliphatic rings. The fraction of sp³-hybridized carbons (Fsp3) is 0.0612. The SMILES string of the molecule is CC1(C)c2cc(-c3ccc4ccccc4c3)ccc2-c2c1cc(-c1ccc3cc(-c4ccc5ccccc5c4)ccc3c1)c1ccccc21.CC1(C)c2ccccc2-c2c1cc(-c1cc(-c3ccc4cc(-c5ccc6ccccc6c5)ccc4c3)c3ccccc3c1)c1ccccc21. The minimum absolute atomic E-state index is 0.0750. The van der Waals surface area contributed by atoms with Crippen LogP contribution in [0.1, 0.15) is 49.9 Å². The topological polar surface area (TPSA) is 0 Å². The van der Waals surface area contributed by atoms with Gasteiger partial charge in [0, 0.05) is 10.8 Å². The second-order valence-electron chi connectivity index (χ2n) is 28.3. The van der Waals surface area contributed by atoms with Gasteiger partial charge in [0.25, 0.3) is 0 Å². The zero-order valence-electron chi connectivity index (χ0n) is 55.3. The van der Waals surface area contributed by atoms with E-state index in [1.807, 2.05) is 0 Å². The van der Waals surface area contributed by atoms with Crippen LogP contribution in [0.2, 0.25) is 0 Å². The molecular weight excluding hydrogens is 1180 g/mol. The molecular formula is C98H68. The van der Waals surface area contributed by atoms with Gasteiger partial charge in [-0.1, -0.05) is 295 Å². The van der Waals surface area contributed by atoms with Crippen LogP contribution in [0.3, 0.4) is 0 Å². The second-order valence-corrected chi connectivity index (χ2v) is 28.3. The average molecular weight is 1250 g/mol. The summed E-state index contributed by atoms with van der Waals surface area (Å²) in [5.41, 5.74) is 26.0. The molecule has 20 rings (SSSR count). The average Bonchev–Trinajstić information content (AvgIpc) is 1.55. The van der Waals surface area contributed by atoms with Gasteiger partial charge < -0.3 is 0 Å². The van der Waals surface area contributed by atoms with Crippen molar-refractivity contribution < 1.29 is 0 Å². The maximum atomic E-state index is 2.49. The molecule has 0 bridgehead atoms. The summed E-state index contributed by atoms with van der Waals surface area (Å²) < 4.78 is 0. The molecule has 0 unspecified atom stereocenters. The first-order chi connectivity index (χ1) is 48.0. The largest absolute Gasteiger partial charge is 0.0619 e. The van der Waals surface area contributed by atoms with Gasteiger partial charge in [0.1, 0.15) is 0 Å². The highest BCUT2D eigenvalue weighted by Gasteiger charge is 2.39. The Hall–Kier alpha value is -12.0. The van der Waals surface area contributed by atoms with Crippen molar-refractivity contribution in [3.63, 3.8) is 0 Å². The van der Waals surface area contributed by atoms with Gasteiger partial charge in [-0.05, 0) is 270 Å². The first-order valence-corrected chi connectivity index (χ1v) is 34.5. The van der Waals surface area contributed by atoms with Crippen LogP contribution >= 0.6 is 0 Å². The lowest BCUT2D eigenvalue weighted by atomic mass is 9.80. The monoisotopic (exact) mass is 1240 g/mol. The third kappa shape index (κ3) is 9.34. The summed E-state index contributed by atoms with van der Waals surface area (Å²) in [4.78, 5) is 0. The minimum atomic E-state index is -0.137. The molecule has 460 valence electrons. The van der Waals surface area contributed by atoms with Crippen LogP contribution < -0.4 is 0 Å². The van der Waals surface area contributed by atoms with E-state index in [1.54, 1.807) is 0 Å². The van der Waals surface area contributed by atoms with Gasteiger partial charge in [0.05, 0.1) is 0 Å².